The minimum Gasteiger partial charge on any atom is -0.379 e. The Bertz CT molecular complexity index is 470. The van der Waals surface area contributed by atoms with Crippen molar-refractivity contribution in [3.63, 3.8) is 0 Å². The van der Waals surface area contributed by atoms with Crippen LogP contribution in [0.1, 0.15) is 39.2 Å². The fourth-order valence-corrected chi connectivity index (χ4v) is 3.07. The highest BCUT2D eigenvalue weighted by Crippen LogP contribution is 2.42. The summed E-state index contributed by atoms with van der Waals surface area (Å²) < 4.78 is 0. The third-order valence-corrected chi connectivity index (χ3v) is 4.43. The van der Waals surface area contributed by atoms with Gasteiger partial charge in [-0.2, -0.15) is 5.26 Å². The molecule has 2 nitrogen and oxygen atoms in total. The number of nitriles is 1. The van der Waals surface area contributed by atoms with E-state index in [4.69, 9.17) is 0 Å². The number of hydrogen-bond donors (Lipinski definition) is 1. The maximum absolute atomic E-state index is 9.37. The van der Waals surface area contributed by atoms with E-state index in [0.717, 1.165) is 27.8 Å². The molecule has 0 heterocycles. The van der Waals surface area contributed by atoms with Crippen LogP contribution in [0.2, 0.25) is 0 Å². The van der Waals surface area contributed by atoms with Gasteiger partial charge in [0.1, 0.15) is 6.07 Å². The number of benzene rings is 1. The third kappa shape index (κ3) is 2.81. The van der Waals surface area contributed by atoms with Crippen molar-refractivity contribution in [1.29, 1.82) is 5.26 Å². The molecule has 0 saturated heterocycles. The Morgan fingerprint density at radius 3 is 2.72 bits per heavy atom. The molecule has 1 aliphatic rings. The van der Waals surface area contributed by atoms with Gasteiger partial charge in [-0.25, -0.2) is 0 Å². The first-order valence-corrected chi connectivity index (χ1v) is 7.51. The van der Waals surface area contributed by atoms with Gasteiger partial charge in [-0.15, -0.1) is 11.8 Å². The smallest absolute Gasteiger partial charge is 0.102 e. The van der Waals surface area contributed by atoms with Crippen molar-refractivity contribution in [3.8, 4) is 6.07 Å². The van der Waals surface area contributed by atoms with Crippen molar-refractivity contribution < 1.29 is 0 Å². The third-order valence-electron chi connectivity index (χ3n) is 3.49. The molecular weight excluding hydrogens is 240 g/mol. The van der Waals surface area contributed by atoms with Crippen molar-refractivity contribution in [3.05, 3.63) is 23.8 Å². The predicted molar refractivity (Wildman–Crippen MR) is 78.0 cm³/mol. The molecule has 96 valence electrons. The maximum atomic E-state index is 9.37. The normalized spacial score (nSPS) is 15.2. The topological polar surface area (TPSA) is 35.8 Å². The Labute approximate surface area is 114 Å². The Morgan fingerprint density at radius 1 is 1.44 bits per heavy atom. The van der Waals surface area contributed by atoms with Crippen LogP contribution in [0.3, 0.4) is 0 Å². The van der Waals surface area contributed by atoms with Gasteiger partial charge in [0, 0.05) is 10.4 Å². The summed E-state index contributed by atoms with van der Waals surface area (Å²) in [6.45, 7) is 6.57. The summed E-state index contributed by atoms with van der Waals surface area (Å²) in [6, 6.07) is 8.43. The zero-order valence-corrected chi connectivity index (χ0v) is 12.1. The summed E-state index contributed by atoms with van der Waals surface area (Å²) in [5.74, 6) is 1.73. The van der Waals surface area contributed by atoms with E-state index in [-0.39, 0.29) is 5.54 Å². The molecule has 3 heteroatoms. The molecule has 0 radical (unpaired) electrons. The molecule has 0 spiro atoms. The fraction of sp³-hybridized carbons (Fsp3) is 0.533. The molecule has 1 saturated carbocycles. The first-order chi connectivity index (χ1) is 8.58. The molecule has 0 atom stereocenters. The molecule has 0 amide bonds. The minimum atomic E-state index is 0.0844. The second-order valence-electron chi connectivity index (χ2n) is 5.34. The number of nitrogens with one attached hydrogen (secondary N) is 1. The zero-order chi connectivity index (χ0) is 13.2. The number of rotatable bonds is 5. The van der Waals surface area contributed by atoms with Gasteiger partial charge < -0.3 is 5.32 Å². The van der Waals surface area contributed by atoms with E-state index in [9.17, 15) is 5.26 Å². The van der Waals surface area contributed by atoms with Crippen molar-refractivity contribution >= 4 is 17.4 Å². The van der Waals surface area contributed by atoms with Gasteiger partial charge in [0.25, 0.3) is 0 Å². The largest absolute Gasteiger partial charge is 0.379 e. The molecule has 2 rings (SSSR count). The van der Waals surface area contributed by atoms with Gasteiger partial charge in [0.15, 0.2) is 0 Å². The van der Waals surface area contributed by atoms with E-state index in [1.807, 2.05) is 18.2 Å². The van der Waals surface area contributed by atoms with Gasteiger partial charge in [0.2, 0.25) is 0 Å². The lowest BCUT2D eigenvalue weighted by molar-refractivity contribution is 0.494. The van der Waals surface area contributed by atoms with Crippen LogP contribution >= 0.6 is 11.8 Å². The van der Waals surface area contributed by atoms with Crippen LogP contribution in [0, 0.1) is 17.2 Å². The van der Waals surface area contributed by atoms with Gasteiger partial charge in [-0.05, 0) is 50.5 Å². The summed E-state index contributed by atoms with van der Waals surface area (Å²) in [5.41, 5.74) is 1.85. The quantitative estimate of drug-likeness (QED) is 0.803. The molecule has 0 aromatic heterocycles. The van der Waals surface area contributed by atoms with Crippen LogP contribution < -0.4 is 5.32 Å². The highest BCUT2D eigenvalue weighted by atomic mass is 32.2. The first-order valence-electron chi connectivity index (χ1n) is 6.52. The van der Waals surface area contributed by atoms with Crippen LogP contribution in [-0.4, -0.2) is 11.3 Å². The molecule has 0 unspecified atom stereocenters. The summed E-state index contributed by atoms with van der Waals surface area (Å²) in [4.78, 5) is 1.08. The predicted octanol–water partition coefficient (Wildman–Crippen LogP) is 4.27. The van der Waals surface area contributed by atoms with E-state index < -0.39 is 0 Å². The van der Waals surface area contributed by atoms with E-state index >= 15 is 0 Å². The van der Waals surface area contributed by atoms with Crippen molar-refractivity contribution in [1.82, 2.24) is 0 Å². The van der Waals surface area contributed by atoms with Crippen LogP contribution in [0.4, 0.5) is 5.69 Å². The SMILES string of the molecule is CCSc1cccc(NC(C)(C)C2CC2)c1C#N. The molecule has 0 bridgehead atoms. The standard InChI is InChI=1S/C15H20N2S/c1-4-18-14-7-5-6-13(12(14)10-16)17-15(2,3)11-8-9-11/h5-7,11,17H,4,8-9H2,1-3H3. The van der Waals surface area contributed by atoms with Gasteiger partial charge in [-0.1, -0.05) is 13.0 Å². The lowest BCUT2D eigenvalue weighted by Crippen LogP contribution is -2.33. The Balaban J connectivity index is 2.27. The average molecular weight is 260 g/mol. The Kier molecular flexibility index (Phi) is 3.87. The number of hydrogen-bond acceptors (Lipinski definition) is 3. The van der Waals surface area contributed by atoms with E-state index in [0.29, 0.717) is 0 Å². The van der Waals surface area contributed by atoms with Crippen LogP contribution in [0.15, 0.2) is 23.1 Å². The van der Waals surface area contributed by atoms with Gasteiger partial charge in [0.05, 0.1) is 11.3 Å². The lowest BCUT2D eigenvalue weighted by atomic mass is 9.97. The second-order valence-corrected chi connectivity index (χ2v) is 6.65. The van der Waals surface area contributed by atoms with Crippen LogP contribution in [-0.2, 0) is 0 Å². The molecule has 1 N–H and O–H groups in total. The zero-order valence-electron chi connectivity index (χ0n) is 11.3. The summed E-state index contributed by atoms with van der Waals surface area (Å²) in [6.07, 6.45) is 2.59. The minimum absolute atomic E-state index is 0.0844. The molecule has 1 fully saturated rings. The molecule has 0 aliphatic heterocycles. The summed E-state index contributed by atoms with van der Waals surface area (Å²) in [5, 5.41) is 12.9. The fourth-order valence-electron chi connectivity index (χ4n) is 2.28. The van der Waals surface area contributed by atoms with E-state index in [2.05, 4.69) is 32.2 Å². The lowest BCUT2D eigenvalue weighted by Gasteiger charge is -2.28. The molecular formula is C15H20N2S. The summed E-state index contributed by atoms with van der Waals surface area (Å²) >= 11 is 1.73. The van der Waals surface area contributed by atoms with E-state index in [1.54, 1.807) is 11.8 Å². The van der Waals surface area contributed by atoms with Crippen molar-refractivity contribution in [2.75, 3.05) is 11.1 Å². The van der Waals surface area contributed by atoms with Crippen molar-refractivity contribution in [2.45, 2.75) is 44.0 Å². The number of anilines is 1. The highest BCUT2D eigenvalue weighted by molar-refractivity contribution is 7.99. The Morgan fingerprint density at radius 2 is 2.17 bits per heavy atom. The molecule has 1 aromatic carbocycles. The highest BCUT2D eigenvalue weighted by Gasteiger charge is 2.38. The van der Waals surface area contributed by atoms with Crippen LogP contribution in [0.5, 0.6) is 0 Å². The van der Waals surface area contributed by atoms with E-state index in [1.165, 1.54) is 12.8 Å². The number of nitrogens with zero attached hydrogens (tertiary/aromatic N) is 1. The summed E-state index contributed by atoms with van der Waals surface area (Å²) in [7, 11) is 0. The van der Waals surface area contributed by atoms with Gasteiger partial charge in [-0.3, -0.25) is 0 Å². The first kappa shape index (κ1) is 13.3. The van der Waals surface area contributed by atoms with Crippen molar-refractivity contribution in [2.24, 2.45) is 5.92 Å². The number of thioether (sulfide) groups is 1. The molecule has 1 aromatic rings. The van der Waals surface area contributed by atoms with Crippen LogP contribution in [0.25, 0.3) is 0 Å². The maximum Gasteiger partial charge on any atom is 0.102 e. The molecule has 18 heavy (non-hydrogen) atoms. The monoisotopic (exact) mass is 260 g/mol. The Hall–Kier alpha value is -1.14. The van der Waals surface area contributed by atoms with Gasteiger partial charge >= 0.3 is 0 Å². The molecule has 1 aliphatic carbocycles. The average Bonchev–Trinajstić information content (AvgIpc) is 3.13. The second kappa shape index (κ2) is 5.24.